The van der Waals surface area contributed by atoms with Crippen molar-refractivity contribution in [2.24, 2.45) is 0 Å². The van der Waals surface area contributed by atoms with Crippen LogP contribution in [0.5, 0.6) is 0 Å². The first kappa shape index (κ1) is 14.7. The molecule has 0 spiro atoms. The predicted molar refractivity (Wildman–Crippen MR) is 88.0 cm³/mol. The van der Waals surface area contributed by atoms with Crippen LogP contribution in [-0.4, -0.2) is 41.2 Å². The Morgan fingerprint density at radius 1 is 1.24 bits per heavy atom. The highest BCUT2D eigenvalue weighted by Gasteiger charge is 2.25. The fourth-order valence-electron chi connectivity index (χ4n) is 2.96. The number of thioether (sulfide) groups is 1. The zero-order chi connectivity index (χ0) is 14.7. The summed E-state index contributed by atoms with van der Waals surface area (Å²) in [7, 11) is 0. The molecular weight excluding hydrogens is 284 g/mol. The number of carbonyl (C=O) groups is 1. The van der Waals surface area contributed by atoms with Gasteiger partial charge in [0.1, 0.15) is 0 Å². The second-order valence-corrected chi connectivity index (χ2v) is 7.04. The molecule has 2 aliphatic heterocycles. The first-order valence-electron chi connectivity index (χ1n) is 7.68. The normalized spacial score (nSPS) is 23.3. The van der Waals surface area contributed by atoms with Gasteiger partial charge in [0.2, 0.25) is 5.91 Å². The van der Waals surface area contributed by atoms with E-state index in [1.54, 1.807) is 11.8 Å². The Kier molecular flexibility index (Phi) is 4.70. The van der Waals surface area contributed by atoms with E-state index in [1.165, 1.54) is 0 Å². The van der Waals surface area contributed by atoms with E-state index >= 15 is 0 Å². The number of piperidine rings is 1. The molecule has 2 heterocycles. The molecule has 1 aromatic rings. The summed E-state index contributed by atoms with van der Waals surface area (Å²) in [6.45, 7) is 1.68. The van der Waals surface area contributed by atoms with Gasteiger partial charge in [-0.15, -0.1) is 11.8 Å². The van der Waals surface area contributed by atoms with Gasteiger partial charge in [-0.3, -0.25) is 4.79 Å². The summed E-state index contributed by atoms with van der Waals surface area (Å²) in [5.41, 5.74) is 1.96. The van der Waals surface area contributed by atoms with E-state index in [9.17, 15) is 9.90 Å². The van der Waals surface area contributed by atoms with Crippen molar-refractivity contribution in [2.75, 3.05) is 29.1 Å². The lowest BCUT2D eigenvalue weighted by atomic mass is 10.1. The maximum Gasteiger partial charge on any atom is 0.237 e. The van der Waals surface area contributed by atoms with E-state index in [0.29, 0.717) is 0 Å². The van der Waals surface area contributed by atoms with Crippen LogP contribution in [0.4, 0.5) is 11.4 Å². The van der Waals surface area contributed by atoms with E-state index in [2.05, 4.69) is 16.3 Å². The molecule has 2 saturated heterocycles. The van der Waals surface area contributed by atoms with Crippen molar-refractivity contribution in [1.82, 2.24) is 0 Å². The summed E-state index contributed by atoms with van der Waals surface area (Å²) in [6.07, 6.45) is 3.52. The van der Waals surface area contributed by atoms with Crippen molar-refractivity contribution >= 4 is 29.0 Å². The molecule has 1 amide bonds. The van der Waals surface area contributed by atoms with Crippen molar-refractivity contribution in [2.45, 2.75) is 37.0 Å². The quantitative estimate of drug-likeness (QED) is 0.901. The molecular formula is C16H22N2O2S. The number of anilines is 2. The molecule has 2 fully saturated rings. The molecule has 114 valence electrons. The molecule has 21 heavy (non-hydrogen) atoms. The number of para-hydroxylation sites is 2. The molecule has 2 N–H and O–H groups in total. The second kappa shape index (κ2) is 6.71. The van der Waals surface area contributed by atoms with Crippen LogP contribution < -0.4 is 10.2 Å². The third kappa shape index (κ3) is 3.52. The van der Waals surface area contributed by atoms with Gasteiger partial charge in [-0.1, -0.05) is 12.1 Å². The van der Waals surface area contributed by atoms with E-state index < -0.39 is 0 Å². The number of carbonyl (C=O) groups excluding carboxylic acids is 1. The topological polar surface area (TPSA) is 52.6 Å². The van der Waals surface area contributed by atoms with Crippen LogP contribution in [0, 0.1) is 0 Å². The molecule has 1 unspecified atom stereocenters. The van der Waals surface area contributed by atoms with Crippen molar-refractivity contribution in [3.8, 4) is 0 Å². The Labute approximate surface area is 129 Å². The van der Waals surface area contributed by atoms with Gasteiger partial charge >= 0.3 is 0 Å². The Morgan fingerprint density at radius 3 is 2.71 bits per heavy atom. The molecule has 0 saturated carbocycles. The Balaban J connectivity index is 1.71. The minimum absolute atomic E-state index is 0.0984. The van der Waals surface area contributed by atoms with Crippen molar-refractivity contribution < 1.29 is 9.90 Å². The third-order valence-electron chi connectivity index (χ3n) is 4.19. The Morgan fingerprint density at radius 2 is 2.00 bits per heavy atom. The number of rotatable bonds is 3. The fraction of sp³-hybridized carbons (Fsp3) is 0.562. The first-order valence-corrected chi connectivity index (χ1v) is 8.73. The zero-order valence-corrected chi connectivity index (χ0v) is 12.9. The number of hydrogen-bond acceptors (Lipinski definition) is 4. The van der Waals surface area contributed by atoms with Gasteiger partial charge in [0, 0.05) is 13.1 Å². The Bertz CT molecular complexity index is 495. The van der Waals surface area contributed by atoms with Crippen molar-refractivity contribution in [1.29, 1.82) is 0 Å². The maximum absolute atomic E-state index is 12.3. The van der Waals surface area contributed by atoms with Gasteiger partial charge in [0.15, 0.2) is 0 Å². The molecule has 0 radical (unpaired) electrons. The molecule has 3 rings (SSSR count). The summed E-state index contributed by atoms with van der Waals surface area (Å²) in [5.74, 6) is 1.21. The smallest absolute Gasteiger partial charge is 0.237 e. The molecule has 4 nitrogen and oxygen atoms in total. The van der Waals surface area contributed by atoms with E-state index in [4.69, 9.17) is 0 Å². The van der Waals surface area contributed by atoms with Crippen LogP contribution in [0.2, 0.25) is 0 Å². The number of hydrogen-bond donors (Lipinski definition) is 2. The summed E-state index contributed by atoms with van der Waals surface area (Å²) in [5, 5.41) is 12.8. The summed E-state index contributed by atoms with van der Waals surface area (Å²) in [6, 6.07) is 7.98. The van der Waals surface area contributed by atoms with E-state index in [1.807, 2.05) is 18.2 Å². The first-order chi connectivity index (χ1) is 10.2. The van der Waals surface area contributed by atoms with Gasteiger partial charge < -0.3 is 15.3 Å². The number of nitrogens with zero attached hydrogens (tertiary/aromatic N) is 1. The van der Waals surface area contributed by atoms with Gasteiger partial charge in [-0.05, 0) is 43.6 Å². The van der Waals surface area contributed by atoms with Gasteiger partial charge in [0.25, 0.3) is 0 Å². The van der Waals surface area contributed by atoms with Gasteiger partial charge in [-0.25, -0.2) is 0 Å². The lowest BCUT2D eigenvalue weighted by Gasteiger charge is -2.33. The van der Waals surface area contributed by atoms with Crippen LogP contribution >= 0.6 is 11.8 Å². The predicted octanol–water partition coefficient (Wildman–Crippen LogP) is 2.48. The zero-order valence-electron chi connectivity index (χ0n) is 12.1. The monoisotopic (exact) mass is 306 g/mol. The number of aliphatic hydroxyl groups is 1. The van der Waals surface area contributed by atoms with E-state index in [0.717, 1.165) is 55.9 Å². The highest BCUT2D eigenvalue weighted by atomic mass is 32.2. The minimum Gasteiger partial charge on any atom is -0.393 e. The van der Waals surface area contributed by atoms with Crippen LogP contribution in [0.25, 0.3) is 0 Å². The van der Waals surface area contributed by atoms with Crippen molar-refractivity contribution in [3.63, 3.8) is 0 Å². The lowest BCUT2D eigenvalue weighted by Crippen LogP contribution is -2.36. The molecule has 2 aliphatic rings. The molecule has 0 aromatic heterocycles. The largest absolute Gasteiger partial charge is 0.393 e. The second-order valence-electron chi connectivity index (χ2n) is 5.73. The minimum atomic E-state index is -0.183. The number of amides is 1. The van der Waals surface area contributed by atoms with Gasteiger partial charge in [0.05, 0.1) is 22.7 Å². The lowest BCUT2D eigenvalue weighted by molar-refractivity contribution is -0.115. The molecule has 0 aliphatic carbocycles. The van der Waals surface area contributed by atoms with E-state index in [-0.39, 0.29) is 17.3 Å². The van der Waals surface area contributed by atoms with Crippen LogP contribution in [0.3, 0.4) is 0 Å². The molecule has 5 heteroatoms. The Hall–Kier alpha value is -1.20. The highest BCUT2D eigenvalue weighted by molar-refractivity contribution is 8.00. The average Bonchev–Trinajstić information content (AvgIpc) is 3.03. The van der Waals surface area contributed by atoms with Crippen LogP contribution in [0.15, 0.2) is 24.3 Å². The number of benzene rings is 1. The molecule has 1 atom stereocenters. The third-order valence-corrected chi connectivity index (χ3v) is 5.57. The summed E-state index contributed by atoms with van der Waals surface area (Å²) < 4.78 is 0. The van der Waals surface area contributed by atoms with Crippen LogP contribution in [0.1, 0.15) is 25.7 Å². The maximum atomic E-state index is 12.3. The van der Waals surface area contributed by atoms with Crippen molar-refractivity contribution in [3.05, 3.63) is 24.3 Å². The molecule has 1 aromatic carbocycles. The summed E-state index contributed by atoms with van der Waals surface area (Å²) >= 11 is 1.75. The van der Waals surface area contributed by atoms with Crippen LogP contribution in [-0.2, 0) is 4.79 Å². The standard InChI is InChI=1S/C16H22N2O2S/c19-12-7-9-18(10-8-12)14-5-2-1-4-13(14)17-16(20)15-6-3-11-21-15/h1-2,4-5,12,15,19H,3,6-11H2,(H,17,20). The number of nitrogens with one attached hydrogen (secondary N) is 1. The average molecular weight is 306 g/mol. The number of aliphatic hydroxyl groups excluding tert-OH is 1. The summed E-state index contributed by atoms with van der Waals surface area (Å²) in [4.78, 5) is 14.6. The van der Waals surface area contributed by atoms with Gasteiger partial charge in [-0.2, -0.15) is 0 Å². The SMILES string of the molecule is O=C(Nc1ccccc1N1CCC(O)CC1)C1CCCS1. The fourth-order valence-corrected chi connectivity index (χ4v) is 4.12. The molecule has 0 bridgehead atoms. The highest BCUT2D eigenvalue weighted by Crippen LogP contribution is 2.31.